The minimum Gasteiger partial charge on any atom is -0.397 e. The molecule has 2 aromatic rings. The molecule has 0 fully saturated rings. The molecule has 0 radical (unpaired) electrons. The molecule has 0 aromatic heterocycles. The van der Waals surface area contributed by atoms with E-state index in [1.165, 1.54) is 23.9 Å². The van der Waals surface area contributed by atoms with E-state index in [2.05, 4.69) is 0 Å². The van der Waals surface area contributed by atoms with Crippen LogP contribution in [0.4, 0.5) is 14.5 Å². The number of anilines is 1. The van der Waals surface area contributed by atoms with Crippen LogP contribution in [0.5, 0.6) is 0 Å². The van der Waals surface area contributed by atoms with Crippen LogP contribution < -0.4 is 5.73 Å². The molecule has 0 aliphatic heterocycles. The van der Waals surface area contributed by atoms with Crippen LogP contribution in [0.1, 0.15) is 30.9 Å². The molecule has 7 heteroatoms. The fourth-order valence-electron chi connectivity index (χ4n) is 2.13. The van der Waals surface area contributed by atoms with E-state index in [1.54, 1.807) is 19.9 Å². The van der Waals surface area contributed by atoms with Crippen molar-refractivity contribution in [3.05, 3.63) is 56.0 Å². The molecule has 0 heterocycles. The van der Waals surface area contributed by atoms with E-state index in [0.29, 0.717) is 26.2 Å². The molecule has 0 amide bonds. The second-order valence-electron chi connectivity index (χ2n) is 5.30. The average Bonchev–Trinajstić information content (AvgIpc) is 2.45. The first kappa shape index (κ1) is 18.7. The predicted molar refractivity (Wildman–Crippen MR) is 95.9 cm³/mol. The van der Waals surface area contributed by atoms with Crippen molar-refractivity contribution in [3.8, 4) is 0 Å². The summed E-state index contributed by atoms with van der Waals surface area (Å²) >= 11 is 19.1. The fourth-order valence-corrected chi connectivity index (χ4v) is 3.97. The maximum Gasteiger partial charge on any atom is 0.148 e. The molecular weight excluding hydrogens is 383 g/mol. The van der Waals surface area contributed by atoms with Gasteiger partial charge in [-0.05, 0) is 24.1 Å². The van der Waals surface area contributed by atoms with Gasteiger partial charge in [-0.1, -0.05) is 48.7 Å². The summed E-state index contributed by atoms with van der Waals surface area (Å²) in [5.74, 6) is -1.38. The first-order valence-electron chi connectivity index (χ1n) is 6.76. The average molecular weight is 397 g/mol. The minimum atomic E-state index is -0.710. The highest BCUT2D eigenvalue weighted by Crippen LogP contribution is 2.38. The molecule has 0 aliphatic rings. The molecule has 2 N–H and O–H groups in total. The van der Waals surface area contributed by atoms with Crippen molar-refractivity contribution in [2.24, 2.45) is 0 Å². The van der Waals surface area contributed by atoms with E-state index in [0.717, 1.165) is 0 Å². The molecule has 0 spiro atoms. The fraction of sp³-hybridized carbons (Fsp3) is 0.250. The normalized spacial score (nSPS) is 11.3. The molecule has 1 nitrogen and oxygen atoms in total. The summed E-state index contributed by atoms with van der Waals surface area (Å²) in [6, 6.07) is 4.49. The van der Waals surface area contributed by atoms with Crippen LogP contribution in [0.25, 0.3) is 0 Å². The number of rotatable bonds is 4. The lowest BCUT2D eigenvalue weighted by Crippen LogP contribution is -2.03. The zero-order valence-electron chi connectivity index (χ0n) is 12.4. The Balaban J connectivity index is 2.35. The summed E-state index contributed by atoms with van der Waals surface area (Å²) in [5.41, 5.74) is 6.57. The molecule has 2 aromatic carbocycles. The van der Waals surface area contributed by atoms with E-state index < -0.39 is 11.6 Å². The SMILES string of the molecule is CC(C)c1c(F)c(Cl)cc(CSc2cc(Cl)cc(Cl)c2N)c1F. The largest absolute Gasteiger partial charge is 0.397 e. The minimum absolute atomic E-state index is 0.00908. The number of hydrogen-bond donors (Lipinski definition) is 1. The van der Waals surface area contributed by atoms with Crippen LogP contribution in [0.2, 0.25) is 15.1 Å². The zero-order chi connectivity index (χ0) is 17.3. The summed E-state index contributed by atoms with van der Waals surface area (Å²) in [4.78, 5) is 0.633. The number of hydrogen-bond acceptors (Lipinski definition) is 2. The number of nitrogens with two attached hydrogens (primary N) is 1. The van der Waals surface area contributed by atoms with Crippen molar-refractivity contribution in [2.75, 3.05) is 5.73 Å². The van der Waals surface area contributed by atoms with Crippen LogP contribution in [0.3, 0.4) is 0 Å². The molecular formula is C16H14Cl3F2NS. The summed E-state index contributed by atoms with van der Waals surface area (Å²) < 4.78 is 28.5. The standard InChI is InChI=1S/C16H14Cl3F2NS/c1-7(2)13-14(20)8(3-10(18)15(13)21)6-23-12-5-9(17)4-11(19)16(12)22/h3-5,7H,6,22H2,1-2H3. The van der Waals surface area contributed by atoms with Crippen LogP contribution >= 0.6 is 46.6 Å². The van der Waals surface area contributed by atoms with Gasteiger partial charge in [-0.2, -0.15) is 0 Å². The van der Waals surface area contributed by atoms with Gasteiger partial charge in [0.15, 0.2) is 0 Å². The Morgan fingerprint density at radius 1 is 1.04 bits per heavy atom. The van der Waals surface area contributed by atoms with Gasteiger partial charge >= 0.3 is 0 Å². The van der Waals surface area contributed by atoms with Crippen molar-refractivity contribution >= 4 is 52.3 Å². The second kappa shape index (κ2) is 7.47. The molecule has 124 valence electrons. The van der Waals surface area contributed by atoms with Crippen molar-refractivity contribution in [3.63, 3.8) is 0 Å². The number of nitrogen functional groups attached to an aromatic ring is 1. The third-order valence-corrected chi connectivity index (χ3v) is 5.19. The van der Waals surface area contributed by atoms with Crippen molar-refractivity contribution < 1.29 is 8.78 Å². The van der Waals surface area contributed by atoms with Crippen molar-refractivity contribution in [1.82, 2.24) is 0 Å². The van der Waals surface area contributed by atoms with E-state index >= 15 is 0 Å². The Morgan fingerprint density at radius 2 is 1.70 bits per heavy atom. The summed E-state index contributed by atoms with van der Waals surface area (Å²) in [7, 11) is 0. The van der Waals surface area contributed by atoms with Crippen LogP contribution in [-0.2, 0) is 5.75 Å². The third-order valence-electron chi connectivity index (χ3n) is 3.28. The molecule has 0 saturated carbocycles. The number of benzene rings is 2. The molecule has 0 bridgehead atoms. The first-order valence-corrected chi connectivity index (χ1v) is 8.87. The highest BCUT2D eigenvalue weighted by atomic mass is 35.5. The Kier molecular flexibility index (Phi) is 6.06. The topological polar surface area (TPSA) is 26.0 Å². The lowest BCUT2D eigenvalue weighted by molar-refractivity contribution is 0.536. The Labute approximate surface area is 153 Å². The molecule has 23 heavy (non-hydrogen) atoms. The van der Waals surface area contributed by atoms with Crippen molar-refractivity contribution in [1.29, 1.82) is 0 Å². The summed E-state index contributed by atoms with van der Waals surface area (Å²) in [6.45, 7) is 3.42. The number of halogens is 5. The monoisotopic (exact) mass is 395 g/mol. The van der Waals surface area contributed by atoms with Gasteiger partial charge in [0.25, 0.3) is 0 Å². The Morgan fingerprint density at radius 3 is 2.30 bits per heavy atom. The highest BCUT2D eigenvalue weighted by Gasteiger charge is 2.20. The Hall–Kier alpha value is -0.680. The van der Waals surface area contributed by atoms with Crippen LogP contribution in [-0.4, -0.2) is 0 Å². The molecule has 0 atom stereocenters. The summed E-state index contributed by atoms with van der Waals surface area (Å²) in [5, 5.41) is 0.676. The van der Waals surface area contributed by atoms with Gasteiger partial charge in [0.05, 0.1) is 15.7 Å². The molecule has 0 saturated heterocycles. The van der Waals surface area contributed by atoms with Crippen LogP contribution in [0, 0.1) is 11.6 Å². The molecule has 2 rings (SSSR count). The van der Waals surface area contributed by atoms with E-state index in [4.69, 9.17) is 40.5 Å². The van der Waals surface area contributed by atoms with E-state index in [9.17, 15) is 8.78 Å². The molecule has 0 unspecified atom stereocenters. The van der Waals surface area contributed by atoms with Crippen molar-refractivity contribution in [2.45, 2.75) is 30.4 Å². The Bertz CT molecular complexity index is 751. The lowest BCUT2D eigenvalue weighted by Gasteiger charge is -2.14. The number of thioether (sulfide) groups is 1. The van der Waals surface area contributed by atoms with Crippen LogP contribution in [0.15, 0.2) is 23.1 Å². The summed E-state index contributed by atoms with van der Waals surface area (Å²) in [6.07, 6.45) is 0. The van der Waals surface area contributed by atoms with Gasteiger partial charge in [0.1, 0.15) is 11.6 Å². The zero-order valence-corrected chi connectivity index (χ0v) is 15.5. The van der Waals surface area contributed by atoms with Gasteiger partial charge in [-0.3, -0.25) is 0 Å². The highest BCUT2D eigenvalue weighted by molar-refractivity contribution is 7.98. The van der Waals surface area contributed by atoms with E-state index in [-0.39, 0.29) is 22.3 Å². The van der Waals surface area contributed by atoms with Gasteiger partial charge < -0.3 is 5.73 Å². The van der Waals surface area contributed by atoms with Gasteiger partial charge in [0, 0.05) is 26.8 Å². The van der Waals surface area contributed by atoms with Gasteiger partial charge in [0.2, 0.25) is 0 Å². The smallest absolute Gasteiger partial charge is 0.148 e. The predicted octanol–water partition coefficient (Wildman–Crippen LogP) is 6.92. The maximum atomic E-state index is 14.5. The molecule has 0 aliphatic carbocycles. The third kappa shape index (κ3) is 4.05. The maximum absolute atomic E-state index is 14.5. The van der Waals surface area contributed by atoms with E-state index in [1.807, 2.05) is 0 Å². The second-order valence-corrected chi connectivity index (χ2v) is 7.57. The first-order chi connectivity index (χ1) is 10.7. The lowest BCUT2D eigenvalue weighted by atomic mass is 9.99. The van der Waals surface area contributed by atoms with Gasteiger partial charge in [-0.25, -0.2) is 8.78 Å². The quantitative estimate of drug-likeness (QED) is 0.345. The van der Waals surface area contributed by atoms with Gasteiger partial charge in [-0.15, -0.1) is 11.8 Å².